The first-order valence-corrected chi connectivity index (χ1v) is 11.3. The third-order valence-corrected chi connectivity index (χ3v) is 7.41. The Morgan fingerprint density at radius 2 is 1.86 bits per heavy atom. The van der Waals surface area contributed by atoms with Crippen LogP contribution in [0.4, 0.5) is 0 Å². The lowest BCUT2D eigenvalue weighted by atomic mass is 9.58. The van der Waals surface area contributed by atoms with Gasteiger partial charge in [0.2, 0.25) is 5.78 Å². The molecule has 0 aliphatic heterocycles. The quantitative estimate of drug-likeness (QED) is 0.356. The summed E-state index contributed by atoms with van der Waals surface area (Å²) in [4.78, 5) is 42.2. The fraction of sp³-hybridized carbons (Fsp3) is 0.440. The molecular formula is C25H28N4O7. The van der Waals surface area contributed by atoms with Gasteiger partial charge >= 0.3 is 0 Å². The summed E-state index contributed by atoms with van der Waals surface area (Å²) in [7, 11) is 6.72. The SMILES string of the molecule is CN(C)Cc1cc(O)c2c(c1C#N)C[C@H]1C[C@H]3[C@H](N(C)C)C(O)=C(C(N)=O)C(=O)[C@@]3(O)C(O)=C1C2=O. The number of nitriles is 1. The number of likely N-dealkylation sites (N-methyl/N-ethyl adjacent to an activating group) is 1. The van der Waals surface area contributed by atoms with Crippen molar-refractivity contribution in [1.29, 1.82) is 5.26 Å². The standard InChI is InChI=1S/C25H28N4O7/c1-28(2)9-11-7-15(30)17-12(13(11)8-26)5-10-6-14-19(29(3)4)21(32)18(24(27)35)23(34)25(14,36)22(33)16(10)20(17)31/h7,10,14,19,30,32-33,36H,5-6,9H2,1-4H3,(H2,27,35)/t10-,14-,19-,25-/m0/s1. The smallest absolute Gasteiger partial charge is 0.255 e. The zero-order valence-electron chi connectivity index (χ0n) is 20.4. The van der Waals surface area contributed by atoms with E-state index in [1.807, 2.05) is 4.90 Å². The summed E-state index contributed by atoms with van der Waals surface area (Å²) < 4.78 is 0. The maximum atomic E-state index is 13.6. The van der Waals surface area contributed by atoms with E-state index < -0.39 is 58.0 Å². The van der Waals surface area contributed by atoms with E-state index in [0.717, 1.165) is 0 Å². The van der Waals surface area contributed by atoms with Crippen LogP contribution in [0.2, 0.25) is 0 Å². The van der Waals surface area contributed by atoms with Gasteiger partial charge in [-0.2, -0.15) is 5.26 Å². The number of carbonyl (C=O) groups excluding carboxylic acids is 3. The number of rotatable bonds is 4. The predicted octanol–water partition coefficient (Wildman–Crippen LogP) is 0.0539. The summed E-state index contributed by atoms with van der Waals surface area (Å²) in [5.74, 6) is -7.17. The number of aromatic hydroxyl groups is 1. The number of benzene rings is 1. The van der Waals surface area contributed by atoms with Crippen LogP contribution in [0.5, 0.6) is 5.75 Å². The Balaban J connectivity index is 1.96. The van der Waals surface area contributed by atoms with Crippen LogP contribution in [-0.2, 0) is 22.6 Å². The number of primary amides is 1. The highest BCUT2D eigenvalue weighted by Gasteiger charge is 2.63. The normalized spacial score (nSPS) is 27.7. The maximum Gasteiger partial charge on any atom is 0.255 e. The highest BCUT2D eigenvalue weighted by atomic mass is 16.3. The number of amides is 1. The molecule has 1 amide bonds. The Morgan fingerprint density at radius 3 is 2.39 bits per heavy atom. The van der Waals surface area contributed by atoms with Gasteiger partial charge < -0.3 is 31.1 Å². The van der Waals surface area contributed by atoms with Gasteiger partial charge in [-0.05, 0) is 64.1 Å². The number of aliphatic hydroxyl groups excluding tert-OH is 2. The molecular weight excluding hydrogens is 468 g/mol. The molecule has 11 nitrogen and oxygen atoms in total. The van der Waals surface area contributed by atoms with Gasteiger partial charge in [0.05, 0.1) is 23.2 Å². The van der Waals surface area contributed by atoms with E-state index in [1.165, 1.54) is 11.0 Å². The molecule has 0 spiro atoms. The molecule has 0 unspecified atom stereocenters. The first-order valence-electron chi connectivity index (χ1n) is 11.3. The lowest BCUT2D eigenvalue weighted by Crippen LogP contribution is -2.63. The lowest BCUT2D eigenvalue weighted by Gasteiger charge is -2.50. The highest BCUT2D eigenvalue weighted by Crippen LogP contribution is 2.52. The molecule has 0 fully saturated rings. The number of carbonyl (C=O) groups is 3. The number of allylic oxidation sites excluding steroid dienone is 1. The number of aliphatic hydroxyl groups is 3. The maximum absolute atomic E-state index is 13.6. The van der Waals surface area contributed by atoms with Crippen LogP contribution in [0, 0.1) is 23.2 Å². The van der Waals surface area contributed by atoms with Crippen LogP contribution >= 0.6 is 0 Å². The predicted molar refractivity (Wildman–Crippen MR) is 126 cm³/mol. The zero-order chi connectivity index (χ0) is 26.9. The fourth-order valence-corrected chi connectivity index (χ4v) is 5.99. The molecule has 0 saturated carbocycles. The molecule has 190 valence electrons. The second-order valence-electron chi connectivity index (χ2n) is 10.1. The molecule has 0 bridgehead atoms. The van der Waals surface area contributed by atoms with Gasteiger partial charge in [0.1, 0.15) is 22.8 Å². The van der Waals surface area contributed by atoms with Gasteiger partial charge in [-0.3, -0.25) is 19.3 Å². The van der Waals surface area contributed by atoms with Crippen LogP contribution in [0.3, 0.4) is 0 Å². The molecule has 0 saturated heterocycles. The number of nitrogens with two attached hydrogens (primary N) is 1. The Bertz CT molecular complexity index is 1320. The molecule has 0 heterocycles. The van der Waals surface area contributed by atoms with Crippen molar-refractivity contribution < 1.29 is 34.8 Å². The van der Waals surface area contributed by atoms with Gasteiger partial charge in [0, 0.05) is 18.0 Å². The number of phenols is 1. The third kappa shape index (κ3) is 3.33. The summed E-state index contributed by atoms with van der Waals surface area (Å²) >= 11 is 0. The number of hydrogen-bond donors (Lipinski definition) is 5. The molecule has 0 radical (unpaired) electrons. The van der Waals surface area contributed by atoms with Crippen molar-refractivity contribution in [2.75, 3.05) is 28.2 Å². The van der Waals surface area contributed by atoms with E-state index in [-0.39, 0.29) is 35.3 Å². The van der Waals surface area contributed by atoms with E-state index in [0.29, 0.717) is 17.7 Å². The van der Waals surface area contributed by atoms with Crippen molar-refractivity contribution in [2.24, 2.45) is 17.6 Å². The van der Waals surface area contributed by atoms with E-state index >= 15 is 0 Å². The molecule has 0 aromatic heterocycles. The number of hydrogen-bond acceptors (Lipinski definition) is 10. The van der Waals surface area contributed by atoms with Crippen molar-refractivity contribution in [2.45, 2.75) is 31.0 Å². The molecule has 1 aromatic rings. The summed E-state index contributed by atoms with van der Waals surface area (Å²) in [6, 6.07) is 2.38. The molecule has 3 aliphatic rings. The van der Waals surface area contributed by atoms with Crippen molar-refractivity contribution >= 4 is 17.5 Å². The summed E-state index contributed by atoms with van der Waals surface area (Å²) in [5.41, 5.74) is 2.45. The van der Waals surface area contributed by atoms with Gasteiger partial charge in [-0.15, -0.1) is 0 Å². The van der Waals surface area contributed by atoms with Crippen LogP contribution in [0.1, 0.15) is 33.5 Å². The average molecular weight is 497 g/mol. The molecule has 1 aromatic carbocycles. The average Bonchev–Trinajstić information content (AvgIpc) is 2.75. The molecule has 3 aliphatic carbocycles. The minimum Gasteiger partial charge on any atom is -0.510 e. The van der Waals surface area contributed by atoms with Gasteiger partial charge in [0.15, 0.2) is 11.4 Å². The second kappa shape index (κ2) is 8.44. The monoisotopic (exact) mass is 496 g/mol. The second-order valence-corrected chi connectivity index (χ2v) is 10.1. The van der Waals surface area contributed by atoms with E-state index in [4.69, 9.17) is 5.73 Å². The van der Waals surface area contributed by atoms with Crippen LogP contribution in [-0.4, -0.2) is 87.5 Å². The van der Waals surface area contributed by atoms with E-state index in [9.17, 15) is 40.1 Å². The molecule has 4 atom stereocenters. The first-order chi connectivity index (χ1) is 16.8. The summed E-state index contributed by atoms with van der Waals surface area (Å²) in [5, 5.41) is 54.3. The van der Waals surface area contributed by atoms with Crippen molar-refractivity contribution in [1.82, 2.24) is 9.80 Å². The van der Waals surface area contributed by atoms with Gasteiger partial charge in [-0.1, -0.05) is 0 Å². The number of ketones is 2. The number of phenolic OH excluding ortho intramolecular Hbond substituents is 1. The molecule has 11 heteroatoms. The largest absolute Gasteiger partial charge is 0.510 e. The Labute approximate surface area is 207 Å². The number of fused-ring (bicyclic) bond motifs is 3. The molecule has 4 rings (SSSR count). The zero-order valence-corrected chi connectivity index (χ0v) is 20.4. The minimum atomic E-state index is -2.69. The minimum absolute atomic E-state index is 0.0324. The third-order valence-electron chi connectivity index (χ3n) is 7.41. The Morgan fingerprint density at radius 1 is 1.22 bits per heavy atom. The van der Waals surface area contributed by atoms with Crippen LogP contribution < -0.4 is 5.73 Å². The van der Waals surface area contributed by atoms with E-state index in [2.05, 4.69) is 6.07 Å². The molecule has 6 N–H and O–H groups in total. The number of Topliss-reactive ketones (excluding diaryl/α,β-unsaturated/α-hetero) is 2. The lowest BCUT2D eigenvalue weighted by molar-refractivity contribution is -0.148. The Hall–Kier alpha value is -3.72. The van der Waals surface area contributed by atoms with Crippen molar-refractivity contribution in [3.05, 3.63) is 51.0 Å². The molecule has 36 heavy (non-hydrogen) atoms. The van der Waals surface area contributed by atoms with Crippen molar-refractivity contribution in [3.63, 3.8) is 0 Å². The topological polar surface area (TPSA) is 188 Å². The summed E-state index contributed by atoms with van der Waals surface area (Å²) in [6.07, 6.45) is 0.0432. The van der Waals surface area contributed by atoms with Gasteiger partial charge in [-0.25, -0.2) is 0 Å². The Kier molecular flexibility index (Phi) is 5.95. The summed E-state index contributed by atoms with van der Waals surface area (Å²) in [6.45, 7) is 0.338. The highest BCUT2D eigenvalue weighted by molar-refractivity contribution is 6.24. The van der Waals surface area contributed by atoms with E-state index in [1.54, 1.807) is 28.2 Å². The van der Waals surface area contributed by atoms with Crippen LogP contribution in [0.15, 0.2) is 28.7 Å². The van der Waals surface area contributed by atoms with Crippen LogP contribution in [0.25, 0.3) is 0 Å². The fourth-order valence-electron chi connectivity index (χ4n) is 5.99. The van der Waals surface area contributed by atoms with Gasteiger partial charge in [0.25, 0.3) is 5.91 Å². The van der Waals surface area contributed by atoms with Crippen molar-refractivity contribution in [3.8, 4) is 11.8 Å². The number of nitrogens with zero attached hydrogens (tertiary/aromatic N) is 3. The first kappa shape index (κ1) is 25.4.